The Morgan fingerprint density at radius 1 is 1.35 bits per heavy atom. The summed E-state index contributed by atoms with van der Waals surface area (Å²) in [6.07, 6.45) is 0.691. The van der Waals surface area contributed by atoms with Crippen LogP contribution >= 0.6 is 11.3 Å². The van der Waals surface area contributed by atoms with Gasteiger partial charge in [-0.3, -0.25) is 14.8 Å². The second kappa shape index (κ2) is 6.23. The first-order chi connectivity index (χ1) is 10.9. The number of hydrogen-bond donors (Lipinski definition) is 0. The van der Waals surface area contributed by atoms with Crippen LogP contribution in [0.2, 0.25) is 0 Å². The zero-order valence-electron chi connectivity index (χ0n) is 12.0. The van der Waals surface area contributed by atoms with E-state index in [0.717, 1.165) is 0 Å². The summed E-state index contributed by atoms with van der Waals surface area (Å²) in [7, 11) is 0. The fourth-order valence-corrected chi connectivity index (χ4v) is 3.24. The van der Waals surface area contributed by atoms with Crippen LogP contribution in [0, 0.1) is 5.92 Å². The van der Waals surface area contributed by atoms with Crippen molar-refractivity contribution in [2.45, 2.75) is 19.0 Å². The molecule has 0 aliphatic carbocycles. The maximum atomic E-state index is 12.8. The number of rotatable bonds is 2. The van der Waals surface area contributed by atoms with E-state index in [1.165, 1.54) is 34.8 Å². The van der Waals surface area contributed by atoms with Gasteiger partial charge in [0.25, 0.3) is 5.91 Å². The van der Waals surface area contributed by atoms with Gasteiger partial charge in [-0.2, -0.15) is 13.2 Å². The highest BCUT2D eigenvalue weighted by atomic mass is 32.1. The third-order valence-corrected chi connectivity index (χ3v) is 4.54. The Morgan fingerprint density at radius 3 is 2.87 bits per heavy atom. The number of amides is 1. The number of alkyl halides is 3. The molecule has 23 heavy (non-hydrogen) atoms. The molecular formula is C14H13F3N4OS. The number of halogens is 3. The normalized spacial score (nSPS) is 18.9. The molecule has 5 nitrogen and oxygen atoms in total. The van der Waals surface area contributed by atoms with Crippen LogP contribution in [0.3, 0.4) is 0 Å². The van der Waals surface area contributed by atoms with E-state index in [1.807, 2.05) is 0 Å². The van der Waals surface area contributed by atoms with Gasteiger partial charge in [-0.05, 0) is 12.8 Å². The average molecular weight is 342 g/mol. The summed E-state index contributed by atoms with van der Waals surface area (Å²) in [5, 5.41) is 2.06. The molecule has 0 bridgehead atoms. The molecule has 1 saturated heterocycles. The number of thiazole rings is 1. The summed E-state index contributed by atoms with van der Waals surface area (Å²) >= 11 is 1.22. The minimum absolute atomic E-state index is 0.0647. The first-order valence-electron chi connectivity index (χ1n) is 7.03. The van der Waals surface area contributed by atoms with Gasteiger partial charge in [-0.15, -0.1) is 11.3 Å². The van der Waals surface area contributed by atoms with Crippen molar-refractivity contribution in [3.05, 3.63) is 29.7 Å². The molecule has 0 N–H and O–H groups in total. The molecule has 1 atom stereocenters. The molecule has 0 aromatic carbocycles. The minimum Gasteiger partial charge on any atom is -0.337 e. The fourth-order valence-electron chi connectivity index (χ4n) is 2.49. The number of carbonyl (C=O) groups excluding carboxylic acids is 1. The SMILES string of the molecule is O=C(c1csc(-c2cnccn2)n1)N1CCCC(C(F)(F)F)C1. The highest BCUT2D eigenvalue weighted by molar-refractivity contribution is 7.13. The second-order valence-corrected chi connectivity index (χ2v) is 6.12. The fraction of sp³-hybridized carbons (Fsp3) is 0.429. The van der Waals surface area contributed by atoms with Crippen molar-refractivity contribution in [1.82, 2.24) is 19.9 Å². The van der Waals surface area contributed by atoms with Crippen LogP contribution in [0.15, 0.2) is 24.0 Å². The Labute approximate surface area is 134 Å². The van der Waals surface area contributed by atoms with Crippen molar-refractivity contribution in [3.63, 3.8) is 0 Å². The Bertz CT molecular complexity index is 689. The van der Waals surface area contributed by atoms with Crippen LogP contribution < -0.4 is 0 Å². The van der Waals surface area contributed by atoms with E-state index in [0.29, 0.717) is 23.7 Å². The Balaban J connectivity index is 1.75. The largest absolute Gasteiger partial charge is 0.393 e. The molecule has 2 aromatic heterocycles. The third-order valence-electron chi connectivity index (χ3n) is 3.68. The van der Waals surface area contributed by atoms with Crippen molar-refractivity contribution in [3.8, 4) is 10.7 Å². The number of hydrogen-bond acceptors (Lipinski definition) is 5. The van der Waals surface area contributed by atoms with Gasteiger partial charge in [0.1, 0.15) is 16.4 Å². The van der Waals surface area contributed by atoms with E-state index in [-0.39, 0.29) is 18.7 Å². The van der Waals surface area contributed by atoms with Crippen molar-refractivity contribution in [2.75, 3.05) is 13.1 Å². The zero-order valence-corrected chi connectivity index (χ0v) is 12.8. The molecule has 2 aromatic rings. The Hall–Kier alpha value is -2.03. The molecule has 3 rings (SSSR count). The molecule has 1 fully saturated rings. The molecule has 1 aliphatic heterocycles. The number of carbonyl (C=O) groups is 1. The molecule has 0 radical (unpaired) electrons. The number of likely N-dealkylation sites (tertiary alicyclic amines) is 1. The van der Waals surface area contributed by atoms with Gasteiger partial charge in [0, 0.05) is 30.9 Å². The van der Waals surface area contributed by atoms with Crippen molar-refractivity contribution < 1.29 is 18.0 Å². The lowest BCUT2D eigenvalue weighted by Crippen LogP contribution is -2.44. The van der Waals surface area contributed by atoms with E-state index >= 15 is 0 Å². The van der Waals surface area contributed by atoms with Gasteiger partial charge in [0.05, 0.1) is 12.1 Å². The minimum atomic E-state index is -4.27. The molecule has 9 heteroatoms. The van der Waals surface area contributed by atoms with Crippen LogP contribution in [0.4, 0.5) is 13.2 Å². The molecule has 1 unspecified atom stereocenters. The second-order valence-electron chi connectivity index (χ2n) is 5.26. The number of piperidine rings is 1. The average Bonchev–Trinajstić information content (AvgIpc) is 3.04. The van der Waals surface area contributed by atoms with Gasteiger partial charge in [0.15, 0.2) is 0 Å². The number of aromatic nitrogens is 3. The maximum absolute atomic E-state index is 12.8. The van der Waals surface area contributed by atoms with E-state index in [4.69, 9.17) is 0 Å². The highest BCUT2D eigenvalue weighted by Crippen LogP contribution is 2.33. The van der Waals surface area contributed by atoms with Gasteiger partial charge >= 0.3 is 6.18 Å². The molecule has 3 heterocycles. The van der Waals surface area contributed by atoms with Crippen molar-refractivity contribution >= 4 is 17.2 Å². The van der Waals surface area contributed by atoms with E-state index in [9.17, 15) is 18.0 Å². The van der Waals surface area contributed by atoms with Gasteiger partial charge < -0.3 is 4.90 Å². The van der Waals surface area contributed by atoms with E-state index < -0.39 is 18.0 Å². The van der Waals surface area contributed by atoms with Crippen LogP contribution in [-0.4, -0.2) is 45.0 Å². The van der Waals surface area contributed by atoms with E-state index in [2.05, 4.69) is 15.0 Å². The van der Waals surface area contributed by atoms with Crippen LogP contribution in [0.25, 0.3) is 10.7 Å². The Kier molecular flexibility index (Phi) is 4.29. The smallest absolute Gasteiger partial charge is 0.337 e. The predicted octanol–water partition coefficient (Wildman–Crippen LogP) is 3.01. The molecule has 0 spiro atoms. The summed E-state index contributed by atoms with van der Waals surface area (Å²) < 4.78 is 38.5. The van der Waals surface area contributed by atoms with Gasteiger partial charge in [-0.25, -0.2) is 4.98 Å². The molecule has 1 aliphatic rings. The molecule has 1 amide bonds. The lowest BCUT2D eigenvalue weighted by molar-refractivity contribution is -0.184. The summed E-state index contributed by atoms with van der Waals surface area (Å²) in [5.41, 5.74) is 0.682. The predicted molar refractivity (Wildman–Crippen MR) is 77.8 cm³/mol. The Morgan fingerprint density at radius 2 is 2.17 bits per heavy atom. The third kappa shape index (κ3) is 3.49. The quantitative estimate of drug-likeness (QED) is 0.842. The van der Waals surface area contributed by atoms with Crippen molar-refractivity contribution in [2.24, 2.45) is 5.92 Å². The summed E-state index contributed by atoms with van der Waals surface area (Å²) in [6.45, 7) is 0.0176. The first kappa shape index (κ1) is 15.9. The lowest BCUT2D eigenvalue weighted by Gasteiger charge is -2.33. The standard InChI is InChI=1S/C14H13F3N4OS/c15-14(16,17)9-2-1-5-21(7-9)13(22)11-8-23-12(20-11)10-6-18-3-4-19-10/h3-4,6,8-9H,1-2,5,7H2. The van der Waals surface area contributed by atoms with E-state index in [1.54, 1.807) is 5.38 Å². The summed E-state index contributed by atoms with van der Waals surface area (Å²) in [4.78, 5) is 25.8. The molecule has 122 valence electrons. The summed E-state index contributed by atoms with van der Waals surface area (Å²) in [6, 6.07) is 0. The first-order valence-corrected chi connectivity index (χ1v) is 7.91. The molecular weight excluding hydrogens is 329 g/mol. The topological polar surface area (TPSA) is 59.0 Å². The van der Waals surface area contributed by atoms with Crippen LogP contribution in [0.5, 0.6) is 0 Å². The lowest BCUT2D eigenvalue weighted by atomic mass is 9.97. The monoisotopic (exact) mass is 342 g/mol. The van der Waals surface area contributed by atoms with Gasteiger partial charge in [-0.1, -0.05) is 0 Å². The number of nitrogens with zero attached hydrogens (tertiary/aromatic N) is 4. The van der Waals surface area contributed by atoms with Crippen molar-refractivity contribution in [1.29, 1.82) is 0 Å². The maximum Gasteiger partial charge on any atom is 0.393 e. The van der Waals surface area contributed by atoms with Crippen LogP contribution in [-0.2, 0) is 0 Å². The molecule has 0 saturated carbocycles. The van der Waals surface area contributed by atoms with Gasteiger partial charge in [0.2, 0.25) is 0 Å². The summed E-state index contributed by atoms with van der Waals surface area (Å²) in [5.74, 6) is -1.93. The highest BCUT2D eigenvalue weighted by Gasteiger charge is 2.43. The van der Waals surface area contributed by atoms with Crippen LogP contribution in [0.1, 0.15) is 23.3 Å². The zero-order chi connectivity index (χ0) is 16.4.